The van der Waals surface area contributed by atoms with Gasteiger partial charge in [0.25, 0.3) is 0 Å². The van der Waals surface area contributed by atoms with Crippen molar-refractivity contribution in [2.75, 3.05) is 0 Å². The zero-order valence-electron chi connectivity index (χ0n) is 15.5. The molecule has 2 N–H and O–H groups in total. The monoisotopic (exact) mass is 385 g/mol. The number of fused-ring (bicyclic) bond motifs is 1. The van der Waals surface area contributed by atoms with E-state index in [0.29, 0.717) is 12.1 Å². The highest BCUT2D eigenvalue weighted by molar-refractivity contribution is 5.99. The number of carboxylic acid groups (broad SMARTS) is 2. The Bertz CT molecular complexity index is 1110. The smallest absolute Gasteiger partial charge is 0.334 e. The number of nitrogens with zero attached hydrogens (tertiary/aromatic N) is 1. The minimum Gasteiger partial charge on any atom is -0.478 e. The summed E-state index contributed by atoms with van der Waals surface area (Å²) >= 11 is 0. The number of hydrogen-bond donors (Lipinski definition) is 2. The van der Waals surface area contributed by atoms with Crippen molar-refractivity contribution in [1.82, 2.24) is 4.90 Å². The second-order valence-corrected chi connectivity index (χ2v) is 6.94. The fourth-order valence-electron chi connectivity index (χ4n) is 3.79. The molecule has 0 bridgehead atoms. The van der Waals surface area contributed by atoms with Gasteiger partial charge in [0, 0.05) is 18.9 Å². The van der Waals surface area contributed by atoms with Gasteiger partial charge in [-0.2, -0.15) is 0 Å². The molecule has 0 saturated heterocycles. The summed E-state index contributed by atoms with van der Waals surface area (Å²) in [5.74, 6) is -3.12. The second-order valence-electron chi connectivity index (χ2n) is 6.94. The van der Waals surface area contributed by atoms with E-state index in [9.17, 15) is 19.8 Å². The molecule has 3 aromatic rings. The van der Waals surface area contributed by atoms with Crippen molar-refractivity contribution >= 4 is 22.7 Å². The molecule has 4 rings (SSSR count). The fourth-order valence-corrected chi connectivity index (χ4v) is 3.79. The lowest BCUT2D eigenvalue weighted by atomic mass is 9.81. The summed E-state index contributed by atoms with van der Waals surface area (Å²) in [5.41, 5.74) is 1.71. The Morgan fingerprint density at radius 2 is 1.34 bits per heavy atom. The third kappa shape index (κ3) is 3.62. The highest BCUT2D eigenvalue weighted by atomic mass is 16.4. The number of hydrogen-bond acceptors (Lipinski definition) is 3. The summed E-state index contributed by atoms with van der Waals surface area (Å²) in [6.07, 6.45) is 3.07. The molecular formula is C24H19NO4. The molecule has 0 spiro atoms. The first-order valence-corrected chi connectivity index (χ1v) is 9.22. The molecule has 5 heteroatoms. The molecule has 1 aliphatic rings. The number of carbonyl (C=O) groups is 2. The van der Waals surface area contributed by atoms with Crippen LogP contribution in [0.1, 0.15) is 17.0 Å². The van der Waals surface area contributed by atoms with Gasteiger partial charge in [-0.15, -0.1) is 0 Å². The predicted octanol–water partition coefficient (Wildman–Crippen LogP) is 4.38. The van der Waals surface area contributed by atoms with Crippen LogP contribution in [0.25, 0.3) is 10.8 Å². The highest BCUT2D eigenvalue weighted by Crippen LogP contribution is 2.39. The van der Waals surface area contributed by atoms with E-state index in [-0.39, 0.29) is 11.1 Å². The molecule has 0 amide bonds. The van der Waals surface area contributed by atoms with E-state index in [1.54, 1.807) is 11.0 Å². The normalized spacial score (nSPS) is 14.4. The van der Waals surface area contributed by atoms with Crippen LogP contribution in [0.3, 0.4) is 0 Å². The molecule has 0 atom stereocenters. The van der Waals surface area contributed by atoms with Crippen LogP contribution in [0.5, 0.6) is 0 Å². The van der Waals surface area contributed by atoms with Crippen molar-refractivity contribution in [2.45, 2.75) is 12.5 Å². The Morgan fingerprint density at radius 3 is 2.00 bits per heavy atom. The van der Waals surface area contributed by atoms with Gasteiger partial charge >= 0.3 is 11.9 Å². The van der Waals surface area contributed by atoms with E-state index in [4.69, 9.17) is 0 Å². The molecule has 144 valence electrons. The third-order valence-corrected chi connectivity index (χ3v) is 5.07. The maximum absolute atomic E-state index is 12.1. The van der Waals surface area contributed by atoms with Crippen LogP contribution in [0, 0.1) is 0 Å². The van der Waals surface area contributed by atoms with Gasteiger partial charge in [-0.3, -0.25) is 0 Å². The zero-order chi connectivity index (χ0) is 20.4. The summed E-state index contributed by atoms with van der Waals surface area (Å²) in [6, 6.07) is 22.6. The van der Waals surface area contributed by atoms with E-state index in [2.05, 4.69) is 0 Å². The first-order valence-electron chi connectivity index (χ1n) is 9.22. The van der Waals surface area contributed by atoms with E-state index < -0.39 is 17.9 Å². The van der Waals surface area contributed by atoms with E-state index in [1.165, 1.54) is 12.4 Å². The lowest BCUT2D eigenvalue weighted by Gasteiger charge is -2.29. The molecule has 3 aromatic carbocycles. The number of carboxylic acids is 2. The summed E-state index contributed by atoms with van der Waals surface area (Å²) < 4.78 is 0. The van der Waals surface area contributed by atoms with E-state index in [1.807, 2.05) is 66.7 Å². The molecule has 0 fully saturated rings. The van der Waals surface area contributed by atoms with Gasteiger partial charge in [0.05, 0.1) is 17.1 Å². The Hall–Kier alpha value is -3.86. The topological polar surface area (TPSA) is 77.8 Å². The molecule has 0 radical (unpaired) electrons. The predicted molar refractivity (Wildman–Crippen MR) is 110 cm³/mol. The van der Waals surface area contributed by atoms with Crippen LogP contribution in [-0.2, 0) is 16.1 Å². The largest absolute Gasteiger partial charge is 0.478 e. The van der Waals surface area contributed by atoms with Crippen LogP contribution in [-0.4, -0.2) is 27.1 Å². The van der Waals surface area contributed by atoms with Crippen molar-refractivity contribution in [3.63, 3.8) is 0 Å². The van der Waals surface area contributed by atoms with Crippen LogP contribution < -0.4 is 0 Å². The number of rotatable bonds is 5. The fraction of sp³-hybridized carbons (Fsp3) is 0.0833. The van der Waals surface area contributed by atoms with Crippen molar-refractivity contribution in [2.24, 2.45) is 0 Å². The van der Waals surface area contributed by atoms with Crippen LogP contribution in [0.4, 0.5) is 0 Å². The lowest BCUT2D eigenvalue weighted by Crippen LogP contribution is -2.27. The Balaban J connectivity index is 1.84. The lowest BCUT2D eigenvalue weighted by molar-refractivity contribution is -0.133. The quantitative estimate of drug-likeness (QED) is 0.682. The van der Waals surface area contributed by atoms with Gasteiger partial charge in [-0.1, -0.05) is 72.8 Å². The van der Waals surface area contributed by atoms with Crippen LogP contribution in [0.15, 0.2) is 96.3 Å². The van der Waals surface area contributed by atoms with Gasteiger partial charge in [0.2, 0.25) is 0 Å². The third-order valence-electron chi connectivity index (χ3n) is 5.07. The average molecular weight is 385 g/mol. The molecule has 0 aliphatic carbocycles. The molecule has 1 aliphatic heterocycles. The second kappa shape index (κ2) is 7.64. The van der Waals surface area contributed by atoms with Crippen molar-refractivity contribution in [1.29, 1.82) is 0 Å². The van der Waals surface area contributed by atoms with Crippen LogP contribution in [0.2, 0.25) is 0 Å². The van der Waals surface area contributed by atoms with Gasteiger partial charge in [-0.05, 0) is 21.9 Å². The van der Waals surface area contributed by atoms with Gasteiger partial charge in [0.1, 0.15) is 0 Å². The summed E-state index contributed by atoms with van der Waals surface area (Å²) in [7, 11) is 0. The standard InChI is InChI=1S/C24H19NO4/c26-23(27)20-14-25(13-16-7-2-1-3-8-16)15-21(24(28)29)22(20)19-12-6-10-17-9-4-5-11-18(17)19/h1-12,14-15,22H,13H2,(H,26,27)(H,28,29). The summed E-state index contributed by atoms with van der Waals surface area (Å²) in [5, 5.41) is 21.6. The SMILES string of the molecule is O=C(O)C1=CN(Cc2ccccc2)C=C(C(=O)O)C1c1cccc2ccccc12. The molecule has 0 unspecified atom stereocenters. The van der Waals surface area contributed by atoms with Crippen LogP contribution >= 0.6 is 0 Å². The van der Waals surface area contributed by atoms with E-state index in [0.717, 1.165) is 16.3 Å². The van der Waals surface area contributed by atoms with Gasteiger partial charge < -0.3 is 15.1 Å². The molecule has 0 aromatic heterocycles. The average Bonchev–Trinajstić information content (AvgIpc) is 2.73. The minimum atomic E-state index is -1.13. The van der Waals surface area contributed by atoms with Crippen molar-refractivity contribution in [3.8, 4) is 0 Å². The van der Waals surface area contributed by atoms with Crippen molar-refractivity contribution < 1.29 is 19.8 Å². The maximum atomic E-state index is 12.1. The van der Waals surface area contributed by atoms with Crippen molar-refractivity contribution in [3.05, 3.63) is 107 Å². The first kappa shape index (κ1) is 18.5. The zero-order valence-corrected chi connectivity index (χ0v) is 15.5. The minimum absolute atomic E-state index is 0.0391. The number of benzene rings is 3. The van der Waals surface area contributed by atoms with E-state index >= 15 is 0 Å². The molecule has 1 heterocycles. The molecule has 5 nitrogen and oxygen atoms in total. The summed E-state index contributed by atoms with van der Waals surface area (Å²) in [4.78, 5) is 25.9. The molecule has 29 heavy (non-hydrogen) atoms. The van der Waals surface area contributed by atoms with Gasteiger partial charge in [0.15, 0.2) is 0 Å². The Kier molecular flexibility index (Phi) is 4.87. The maximum Gasteiger partial charge on any atom is 0.334 e. The Labute approximate surface area is 167 Å². The Morgan fingerprint density at radius 1 is 0.759 bits per heavy atom. The van der Waals surface area contributed by atoms with Gasteiger partial charge in [-0.25, -0.2) is 9.59 Å². The number of aliphatic carboxylic acids is 2. The summed E-state index contributed by atoms with van der Waals surface area (Å²) in [6.45, 7) is 0.386. The highest BCUT2D eigenvalue weighted by Gasteiger charge is 2.34. The molecule has 0 saturated carbocycles. The molecular weight excluding hydrogens is 366 g/mol. The first-order chi connectivity index (χ1) is 14.0.